The summed E-state index contributed by atoms with van der Waals surface area (Å²) in [5, 5.41) is 8.12. The molecule has 5 heteroatoms. The second-order valence-electron chi connectivity index (χ2n) is 3.81. The van der Waals surface area contributed by atoms with Crippen LogP contribution in [0, 0.1) is 5.92 Å². The standard InChI is InChI=1S/C11H11Br2N3/c1-6-4-10(15-16-11(6)14)7-2-3-8(12)9(13)5-7/h2-3,5-6H,4H2,1H3,(H2,14,16). The third-order valence-corrected chi connectivity index (χ3v) is 4.42. The second-order valence-corrected chi connectivity index (χ2v) is 5.51. The Bertz CT molecular complexity index is 480. The van der Waals surface area contributed by atoms with Crippen molar-refractivity contribution in [1.29, 1.82) is 0 Å². The van der Waals surface area contributed by atoms with Crippen LogP contribution in [0.1, 0.15) is 18.9 Å². The number of hydrogen-bond donors (Lipinski definition) is 1. The largest absolute Gasteiger partial charge is 0.385 e. The van der Waals surface area contributed by atoms with Crippen molar-refractivity contribution in [3.8, 4) is 0 Å². The van der Waals surface area contributed by atoms with Gasteiger partial charge in [0.1, 0.15) is 5.84 Å². The SMILES string of the molecule is CC1CC(c2ccc(Br)c(Br)c2)=NN=C1N. The van der Waals surface area contributed by atoms with E-state index in [1.54, 1.807) is 0 Å². The van der Waals surface area contributed by atoms with E-state index >= 15 is 0 Å². The van der Waals surface area contributed by atoms with Crippen molar-refractivity contribution < 1.29 is 0 Å². The molecule has 1 aromatic rings. The quantitative estimate of drug-likeness (QED) is 0.834. The van der Waals surface area contributed by atoms with E-state index in [2.05, 4.69) is 49.0 Å². The van der Waals surface area contributed by atoms with Crippen LogP contribution in [0.15, 0.2) is 37.3 Å². The molecular formula is C11H11Br2N3. The topological polar surface area (TPSA) is 50.7 Å². The highest BCUT2D eigenvalue weighted by atomic mass is 79.9. The Kier molecular flexibility index (Phi) is 3.44. The molecule has 0 aromatic heterocycles. The highest BCUT2D eigenvalue weighted by Crippen LogP contribution is 2.25. The number of halogens is 2. The maximum Gasteiger partial charge on any atom is 0.125 e. The molecule has 0 spiro atoms. The summed E-state index contributed by atoms with van der Waals surface area (Å²) >= 11 is 6.92. The van der Waals surface area contributed by atoms with E-state index in [9.17, 15) is 0 Å². The maximum absolute atomic E-state index is 5.70. The molecule has 3 nitrogen and oxygen atoms in total. The van der Waals surface area contributed by atoms with Gasteiger partial charge in [0.15, 0.2) is 0 Å². The average molecular weight is 345 g/mol. The smallest absolute Gasteiger partial charge is 0.125 e. The van der Waals surface area contributed by atoms with E-state index in [-0.39, 0.29) is 5.92 Å². The molecule has 84 valence electrons. The highest BCUT2D eigenvalue weighted by molar-refractivity contribution is 9.13. The van der Waals surface area contributed by atoms with Crippen LogP contribution < -0.4 is 5.73 Å². The number of hydrogen-bond acceptors (Lipinski definition) is 3. The van der Waals surface area contributed by atoms with Crippen molar-refractivity contribution >= 4 is 43.4 Å². The molecule has 1 aromatic carbocycles. The van der Waals surface area contributed by atoms with Crippen molar-refractivity contribution in [2.24, 2.45) is 21.9 Å². The number of nitrogens with zero attached hydrogens (tertiary/aromatic N) is 2. The Morgan fingerprint density at radius 3 is 2.62 bits per heavy atom. The molecular weight excluding hydrogens is 334 g/mol. The van der Waals surface area contributed by atoms with Crippen LogP contribution in [0.3, 0.4) is 0 Å². The van der Waals surface area contributed by atoms with Gasteiger partial charge in [0.05, 0.1) is 5.71 Å². The number of amidine groups is 1. The first-order valence-electron chi connectivity index (χ1n) is 4.93. The van der Waals surface area contributed by atoms with Crippen molar-refractivity contribution in [3.63, 3.8) is 0 Å². The van der Waals surface area contributed by atoms with Gasteiger partial charge in [-0.2, -0.15) is 5.10 Å². The first kappa shape index (κ1) is 11.8. The predicted molar refractivity (Wildman–Crippen MR) is 73.8 cm³/mol. The summed E-state index contributed by atoms with van der Waals surface area (Å²) in [5.41, 5.74) is 7.76. The van der Waals surface area contributed by atoms with E-state index in [0.717, 1.165) is 26.6 Å². The summed E-state index contributed by atoms with van der Waals surface area (Å²) < 4.78 is 2.05. The summed E-state index contributed by atoms with van der Waals surface area (Å²) in [5.74, 6) is 0.870. The minimum absolute atomic E-state index is 0.259. The summed E-state index contributed by atoms with van der Waals surface area (Å²) in [6.07, 6.45) is 0.837. The van der Waals surface area contributed by atoms with Crippen LogP contribution in [-0.4, -0.2) is 11.5 Å². The Balaban J connectivity index is 2.35. The van der Waals surface area contributed by atoms with Crippen LogP contribution in [0.5, 0.6) is 0 Å². The fourth-order valence-corrected chi connectivity index (χ4v) is 2.13. The molecule has 0 fully saturated rings. The first-order chi connectivity index (χ1) is 7.58. The van der Waals surface area contributed by atoms with Crippen LogP contribution in [0.25, 0.3) is 0 Å². The summed E-state index contributed by atoms with van der Waals surface area (Å²) in [6, 6.07) is 6.05. The summed E-state index contributed by atoms with van der Waals surface area (Å²) in [6.45, 7) is 2.06. The number of benzene rings is 1. The molecule has 0 bridgehead atoms. The predicted octanol–water partition coefficient (Wildman–Crippen LogP) is 3.31. The van der Waals surface area contributed by atoms with Gasteiger partial charge in [-0.25, -0.2) is 0 Å². The third kappa shape index (κ3) is 2.35. The zero-order valence-electron chi connectivity index (χ0n) is 8.74. The molecule has 1 heterocycles. The molecule has 1 aliphatic heterocycles. The monoisotopic (exact) mass is 343 g/mol. The summed E-state index contributed by atoms with van der Waals surface area (Å²) in [4.78, 5) is 0. The third-order valence-electron chi connectivity index (χ3n) is 2.54. The van der Waals surface area contributed by atoms with Gasteiger partial charge < -0.3 is 5.73 Å². The summed E-state index contributed by atoms with van der Waals surface area (Å²) in [7, 11) is 0. The minimum Gasteiger partial charge on any atom is -0.385 e. The molecule has 1 aliphatic rings. The zero-order valence-corrected chi connectivity index (χ0v) is 11.9. The zero-order chi connectivity index (χ0) is 11.7. The Morgan fingerprint density at radius 1 is 1.25 bits per heavy atom. The molecule has 0 amide bonds. The molecule has 0 saturated heterocycles. The highest BCUT2D eigenvalue weighted by Gasteiger charge is 2.17. The molecule has 1 atom stereocenters. The van der Waals surface area contributed by atoms with Crippen molar-refractivity contribution in [2.75, 3.05) is 0 Å². The van der Waals surface area contributed by atoms with Gasteiger partial charge in [-0.05, 0) is 49.6 Å². The van der Waals surface area contributed by atoms with Gasteiger partial charge in [-0.3, -0.25) is 0 Å². The lowest BCUT2D eigenvalue weighted by Gasteiger charge is -2.16. The molecule has 0 saturated carbocycles. The van der Waals surface area contributed by atoms with Gasteiger partial charge in [0.25, 0.3) is 0 Å². The second kappa shape index (κ2) is 4.67. The van der Waals surface area contributed by atoms with Crippen molar-refractivity contribution in [1.82, 2.24) is 0 Å². The Morgan fingerprint density at radius 2 is 2.00 bits per heavy atom. The average Bonchev–Trinajstić information content (AvgIpc) is 2.26. The van der Waals surface area contributed by atoms with Crippen LogP contribution in [0.4, 0.5) is 0 Å². The van der Waals surface area contributed by atoms with Gasteiger partial charge in [-0.1, -0.05) is 13.0 Å². The molecule has 2 rings (SSSR count). The maximum atomic E-state index is 5.70. The van der Waals surface area contributed by atoms with Crippen molar-refractivity contribution in [3.05, 3.63) is 32.7 Å². The first-order valence-corrected chi connectivity index (χ1v) is 6.52. The van der Waals surface area contributed by atoms with Gasteiger partial charge in [0, 0.05) is 21.3 Å². The molecule has 1 unspecified atom stereocenters. The van der Waals surface area contributed by atoms with Gasteiger partial charge >= 0.3 is 0 Å². The van der Waals surface area contributed by atoms with E-state index in [4.69, 9.17) is 5.73 Å². The van der Waals surface area contributed by atoms with E-state index in [0.29, 0.717) is 5.84 Å². The van der Waals surface area contributed by atoms with E-state index in [1.165, 1.54) is 0 Å². The fraction of sp³-hybridized carbons (Fsp3) is 0.273. The van der Waals surface area contributed by atoms with E-state index < -0.39 is 0 Å². The van der Waals surface area contributed by atoms with Gasteiger partial charge in [0.2, 0.25) is 0 Å². The minimum atomic E-state index is 0.259. The van der Waals surface area contributed by atoms with Crippen LogP contribution in [-0.2, 0) is 0 Å². The lowest BCUT2D eigenvalue weighted by atomic mass is 9.97. The Hall–Kier alpha value is -0.680. The lowest BCUT2D eigenvalue weighted by molar-refractivity contribution is 0.779. The van der Waals surface area contributed by atoms with E-state index in [1.807, 2.05) is 18.2 Å². The van der Waals surface area contributed by atoms with Crippen LogP contribution in [0.2, 0.25) is 0 Å². The normalized spacial score (nSPS) is 20.3. The lowest BCUT2D eigenvalue weighted by Crippen LogP contribution is -2.26. The van der Waals surface area contributed by atoms with Crippen molar-refractivity contribution in [2.45, 2.75) is 13.3 Å². The van der Waals surface area contributed by atoms with Crippen LogP contribution >= 0.6 is 31.9 Å². The molecule has 0 radical (unpaired) electrons. The number of nitrogens with two attached hydrogens (primary N) is 1. The molecule has 2 N–H and O–H groups in total. The molecule has 0 aliphatic carbocycles. The number of rotatable bonds is 1. The molecule has 16 heavy (non-hydrogen) atoms. The van der Waals surface area contributed by atoms with Gasteiger partial charge in [-0.15, -0.1) is 5.10 Å². The Labute approximate surface area is 111 Å². The fourth-order valence-electron chi connectivity index (χ4n) is 1.50.